The topological polar surface area (TPSA) is 69.4 Å². The second kappa shape index (κ2) is 10.3. The quantitative estimate of drug-likeness (QED) is 0.168. The summed E-state index contributed by atoms with van der Waals surface area (Å²) in [7, 11) is 0. The normalized spacial score (nSPS) is 14.3. The number of aromatic nitrogens is 1. The maximum atomic E-state index is 13.8. The van der Waals surface area contributed by atoms with Crippen LogP contribution >= 0.6 is 11.3 Å². The first-order valence-electron chi connectivity index (χ1n) is 13.3. The minimum absolute atomic E-state index is 0.0230. The van der Waals surface area contributed by atoms with Crippen molar-refractivity contribution in [2.45, 2.75) is 52.6 Å². The third kappa shape index (κ3) is 4.81. The standard InChI is InChI=1S/C33H29NO4S/c1-19(2)26-17-27-22(16-30(35)38-29(27)14-20(26)3)18-37-33(36)31-24-10-4-5-12-28(24)34-32-21(8-6-11-25(31)32)15-23-9-7-13-39-23/h4-5,7,9-10,12-17,19H,6,8,11,18H2,1-3H3/b21-15+. The van der Waals surface area contributed by atoms with Crippen molar-refractivity contribution in [1.82, 2.24) is 4.98 Å². The summed E-state index contributed by atoms with van der Waals surface area (Å²) in [6.45, 7) is 6.25. The van der Waals surface area contributed by atoms with E-state index in [9.17, 15) is 9.59 Å². The number of carbonyl (C=O) groups is 1. The first kappa shape index (κ1) is 25.3. The van der Waals surface area contributed by atoms with E-state index in [-0.39, 0.29) is 6.61 Å². The highest BCUT2D eigenvalue weighted by Crippen LogP contribution is 2.37. The molecule has 0 spiro atoms. The predicted molar refractivity (Wildman–Crippen MR) is 157 cm³/mol. The molecule has 0 unspecified atom stereocenters. The summed E-state index contributed by atoms with van der Waals surface area (Å²) in [6, 6.07) is 17.2. The van der Waals surface area contributed by atoms with Crippen LogP contribution in [0.15, 0.2) is 69.2 Å². The molecule has 3 aromatic heterocycles. The fourth-order valence-corrected chi connectivity index (χ4v) is 6.28. The number of nitrogens with zero attached hydrogens (tertiary/aromatic N) is 1. The molecule has 6 heteroatoms. The summed E-state index contributed by atoms with van der Waals surface area (Å²) in [6.07, 6.45) is 4.79. The maximum absolute atomic E-state index is 13.8. The number of carbonyl (C=O) groups excluding carboxylic acids is 1. The Morgan fingerprint density at radius 3 is 2.74 bits per heavy atom. The van der Waals surface area contributed by atoms with Gasteiger partial charge in [-0.2, -0.15) is 0 Å². The Kier molecular flexibility index (Phi) is 6.65. The van der Waals surface area contributed by atoms with Crippen LogP contribution in [0.25, 0.3) is 33.5 Å². The second-order valence-electron chi connectivity index (χ2n) is 10.4. The number of para-hydroxylation sites is 1. The van der Waals surface area contributed by atoms with Gasteiger partial charge in [0.05, 0.1) is 16.8 Å². The van der Waals surface area contributed by atoms with E-state index in [1.165, 1.54) is 16.5 Å². The summed E-state index contributed by atoms with van der Waals surface area (Å²) in [4.78, 5) is 32.3. The van der Waals surface area contributed by atoms with E-state index >= 15 is 0 Å². The van der Waals surface area contributed by atoms with Crippen molar-refractivity contribution in [3.8, 4) is 0 Å². The van der Waals surface area contributed by atoms with Gasteiger partial charge in [0, 0.05) is 27.3 Å². The molecule has 5 aromatic rings. The highest BCUT2D eigenvalue weighted by molar-refractivity contribution is 7.10. The monoisotopic (exact) mass is 535 g/mol. The van der Waals surface area contributed by atoms with Crippen LogP contribution in [-0.2, 0) is 17.8 Å². The zero-order valence-corrected chi connectivity index (χ0v) is 23.1. The average molecular weight is 536 g/mol. The third-order valence-corrected chi connectivity index (χ3v) is 8.25. The van der Waals surface area contributed by atoms with Gasteiger partial charge in [0.25, 0.3) is 0 Å². The van der Waals surface area contributed by atoms with E-state index in [0.29, 0.717) is 22.6 Å². The van der Waals surface area contributed by atoms with E-state index in [4.69, 9.17) is 14.1 Å². The van der Waals surface area contributed by atoms with Crippen molar-refractivity contribution in [3.63, 3.8) is 0 Å². The maximum Gasteiger partial charge on any atom is 0.339 e. The number of fused-ring (bicyclic) bond motifs is 3. The van der Waals surface area contributed by atoms with Crippen molar-refractivity contribution in [3.05, 3.63) is 109 Å². The molecule has 0 aliphatic heterocycles. The number of aryl methyl sites for hydroxylation is 1. The van der Waals surface area contributed by atoms with Crippen LogP contribution in [-0.4, -0.2) is 11.0 Å². The molecule has 0 radical (unpaired) electrons. The van der Waals surface area contributed by atoms with Crippen LogP contribution in [0.2, 0.25) is 0 Å². The minimum Gasteiger partial charge on any atom is -0.457 e. The predicted octanol–water partition coefficient (Wildman–Crippen LogP) is 8.07. The fraction of sp³-hybridized carbons (Fsp3) is 0.242. The number of pyridine rings is 1. The number of allylic oxidation sites excluding steroid dienone is 1. The smallest absolute Gasteiger partial charge is 0.339 e. The Morgan fingerprint density at radius 1 is 1.10 bits per heavy atom. The zero-order valence-electron chi connectivity index (χ0n) is 22.2. The molecule has 6 rings (SSSR count). The van der Waals surface area contributed by atoms with Crippen LogP contribution in [0.5, 0.6) is 0 Å². The molecule has 0 fully saturated rings. The number of rotatable bonds is 5. The van der Waals surface area contributed by atoms with Crippen molar-refractivity contribution < 1.29 is 13.9 Å². The van der Waals surface area contributed by atoms with Gasteiger partial charge in [0.2, 0.25) is 0 Å². The Balaban J connectivity index is 1.42. The lowest BCUT2D eigenvalue weighted by Gasteiger charge is -2.22. The lowest BCUT2D eigenvalue weighted by atomic mass is 9.86. The van der Waals surface area contributed by atoms with Gasteiger partial charge in [-0.25, -0.2) is 14.6 Å². The lowest BCUT2D eigenvalue weighted by Crippen LogP contribution is -2.16. The third-order valence-electron chi connectivity index (χ3n) is 7.43. The Bertz CT molecular complexity index is 1810. The summed E-state index contributed by atoms with van der Waals surface area (Å²) in [5.41, 5.74) is 7.21. The lowest BCUT2D eigenvalue weighted by molar-refractivity contribution is 0.0474. The molecule has 0 amide bonds. The Hall–Kier alpha value is -4.03. The Morgan fingerprint density at radius 2 is 1.95 bits per heavy atom. The van der Waals surface area contributed by atoms with E-state index in [0.717, 1.165) is 57.9 Å². The molecule has 2 aromatic carbocycles. The van der Waals surface area contributed by atoms with Crippen LogP contribution in [0.3, 0.4) is 0 Å². The van der Waals surface area contributed by atoms with E-state index in [1.807, 2.05) is 49.4 Å². The van der Waals surface area contributed by atoms with Crippen LogP contribution in [0, 0.1) is 6.92 Å². The van der Waals surface area contributed by atoms with Gasteiger partial charge >= 0.3 is 11.6 Å². The van der Waals surface area contributed by atoms with E-state index in [1.54, 1.807) is 11.3 Å². The molecule has 3 heterocycles. The number of hydrogen-bond donors (Lipinski definition) is 0. The first-order valence-corrected chi connectivity index (χ1v) is 14.2. The molecule has 5 nitrogen and oxygen atoms in total. The number of benzene rings is 2. The molecular weight excluding hydrogens is 506 g/mol. The van der Waals surface area contributed by atoms with Crippen LogP contribution in [0.4, 0.5) is 0 Å². The summed E-state index contributed by atoms with van der Waals surface area (Å²) >= 11 is 1.69. The largest absolute Gasteiger partial charge is 0.457 e. The van der Waals surface area contributed by atoms with Crippen LogP contribution in [0.1, 0.15) is 75.8 Å². The molecule has 0 N–H and O–H groups in total. The van der Waals surface area contributed by atoms with Gasteiger partial charge in [-0.05, 0) is 90.1 Å². The van der Waals surface area contributed by atoms with Crippen molar-refractivity contribution in [2.24, 2.45) is 0 Å². The summed E-state index contributed by atoms with van der Waals surface area (Å²) < 4.78 is 11.4. The fourth-order valence-electron chi connectivity index (χ4n) is 5.60. The van der Waals surface area contributed by atoms with Gasteiger partial charge in [-0.3, -0.25) is 0 Å². The first-order chi connectivity index (χ1) is 18.9. The minimum atomic E-state index is -0.458. The molecule has 0 saturated carbocycles. The number of ether oxygens (including phenoxy) is 1. The molecule has 0 atom stereocenters. The molecule has 0 saturated heterocycles. The van der Waals surface area contributed by atoms with Gasteiger partial charge in [-0.15, -0.1) is 11.3 Å². The van der Waals surface area contributed by atoms with Gasteiger partial charge in [-0.1, -0.05) is 38.1 Å². The van der Waals surface area contributed by atoms with Crippen molar-refractivity contribution >= 4 is 50.8 Å². The molecule has 39 heavy (non-hydrogen) atoms. The molecule has 1 aliphatic carbocycles. The highest BCUT2D eigenvalue weighted by atomic mass is 32.1. The highest BCUT2D eigenvalue weighted by Gasteiger charge is 2.26. The molecular formula is C33H29NO4S. The summed E-state index contributed by atoms with van der Waals surface area (Å²) in [5, 5.41) is 3.64. The molecule has 1 aliphatic rings. The second-order valence-corrected chi connectivity index (χ2v) is 11.4. The summed E-state index contributed by atoms with van der Waals surface area (Å²) in [5.74, 6) is -0.0947. The van der Waals surface area contributed by atoms with Crippen LogP contribution < -0.4 is 5.63 Å². The zero-order chi connectivity index (χ0) is 27.1. The van der Waals surface area contributed by atoms with Gasteiger partial charge in [0.1, 0.15) is 12.2 Å². The Labute approximate surface area is 230 Å². The average Bonchev–Trinajstić information content (AvgIpc) is 3.43. The molecule has 0 bridgehead atoms. The number of hydrogen-bond acceptors (Lipinski definition) is 6. The van der Waals surface area contributed by atoms with Crippen molar-refractivity contribution in [2.75, 3.05) is 0 Å². The molecule has 196 valence electrons. The number of thiophene rings is 1. The SMILES string of the molecule is Cc1cc2oc(=O)cc(COC(=O)c3c4c(nc5ccccc35)/C(=C/c3cccs3)CCC4)c2cc1C(C)C. The van der Waals surface area contributed by atoms with Crippen molar-refractivity contribution in [1.29, 1.82) is 0 Å². The van der Waals surface area contributed by atoms with E-state index in [2.05, 4.69) is 31.4 Å². The number of esters is 1. The van der Waals surface area contributed by atoms with E-state index < -0.39 is 11.6 Å². The van der Waals surface area contributed by atoms with Gasteiger partial charge < -0.3 is 9.15 Å². The van der Waals surface area contributed by atoms with Gasteiger partial charge in [0.15, 0.2) is 0 Å².